The van der Waals surface area contributed by atoms with Crippen LogP contribution in [0.15, 0.2) is 22.9 Å². The number of rotatable bonds is 1. The Balaban J connectivity index is 3.08. The molecule has 0 radical (unpaired) electrons. The molecule has 0 unspecified atom stereocenters. The summed E-state index contributed by atoms with van der Waals surface area (Å²) in [6, 6.07) is 0. The summed E-state index contributed by atoms with van der Waals surface area (Å²) in [7, 11) is 0. The Morgan fingerprint density at radius 1 is 1.47 bits per heavy atom. The van der Waals surface area contributed by atoms with Gasteiger partial charge in [0, 0.05) is 0 Å². The summed E-state index contributed by atoms with van der Waals surface area (Å²) in [5.74, 6) is 5.50. The molecule has 0 bridgehead atoms. The summed E-state index contributed by atoms with van der Waals surface area (Å²) in [4.78, 5) is 10.5. The van der Waals surface area contributed by atoms with Crippen molar-refractivity contribution in [2.45, 2.75) is 34.1 Å². The van der Waals surface area contributed by atoms with Crippen molar-refractivity contribution in [3.05, 3.63) is 33.0 Å². The molecule has 0 spiro atoms. The molecule has 0 amide bonds. The maximum Gasteiger partial charge on any atom is 0.265 e. The van der Waals surface area contributed by atoms with Crippen LogP contribution in [0.4, 0.5) is 0 Å². The van der Waals surface area contributed by atoms with Crippen LogP contribution >= 0.6 is 0 Å². The van der Waals surface area contributed by atoms with Gasteiger partial charge < -0.3 is 0 Å². The van der Waals surface area contributed by atoms with E-state index in [1.54, 1.807) is 6.92 Å². The molecule has 0 N–H and O–H groups in total. The maximum atomic E-state index is 10.8. The van der Waals surface area contributed by atoms with Crippen LogP contribution in [0.3, 0.4) is 0 Å². The summed E-state index contributed by atoms with van der Waals surface area (Å²) in [5.41, 5.74) is 1.84. The van der Waals surface area contributed by atoms with Crippen LogP contribution in [0.2, 0.25) is 0 Å². The van der Waals surface area contributed by atoms with Gasteiger partial charge in [-0.15, -0.1) is 5.92 Å². The van der Waals surface area contributed by atoms with Gasteiger partial charge in [-0.05, 0) is 18.4 Å². The number of hydrogen-bond acceptors (Lipinski definition) is 2. The zero-order valence-corrected chi connectivity index (χ0v) is 9.55. The largest absolute Gasteiger partial charge is 0.265 e. The van der Waals surface area contributed by atoms with Gasteiger partial charge in [-0.3, -0.25) is 10.1 Å². The molecule has 3 nitrogen and oxygen atoms in total. The smallest absolute Gasteiger partial charge is 0.259 e. The van der Waals surface area contributed by atoms with Gasteiger partial charge >= 0.3 is 0 Å². The van der Waals surface area contributed by atoms with Gasteiger partial charge in [-0.1, -0.05) is 32.3 Å². The van der Waals surface area contributed by atoms with Crippen molar-refractivity contribution in [3.63, 3.8) is 0 Å². The fourth-order valence-corrected chi connectivity index (χ4v) is 1.47. The molecule has 0 aromatic heterocycles. The molecular weight excluding hydrogens is 190 g/mol. The molecular formula is C12H15NO2. The molecule has 0 aliphatic heterocycles. The molecule has 0 saturated heterocycles. The first-order chi connectivity index (χ1) is 6.86. The molecule has 1 aliphatic carbocycles. The third-order valence-electron chi connectivity index (χ3n) is 2.43. The maximum absolute atomic E-state index is 10.8. The van der Waals surface area contributed by atoms with E-state index in [1.165, 1.54) is 0 Å². The molecule has 1 rings (SSSR count). The summed E-state index contributed by atoms with van der Waals surface area (Å²) in [5, 5.41) is 10.8. The Labute approximate surface area is 90.0 Å². The average molecular weight is 205 g/mol. The minimum atomic E-state index is -0.324. The highest BCUT2D eigenvalue weighted by molar-refractivity contribution is 5.48. The van der Waals surface area contributed by atoms with E-state index in [9.17, 15) is 10.1 Å². The van der Waals surface area contributed by atoms with Crippen LogP contribution in [-0.2, 0) is 0 Å². The van der Waals surface area contributed by atoms with E-state index in [4.69, 9.17) is 0 Å². The van der Waals surface area contributed by atoms with Gasteiger partial charge in [0.15, 0.2) is 0 Å². The molecule has 1 aliphatic rings. The molecule has 0 saturated carbocycles. The highest BCUT2D eigenvalue weighted by Crippen LogP contribution is 2.37. The fourth-order valence-electron chi connectivity index (χ4n) is 1.47. The van der Waals surface area contributed by atoms with Crippen LogP contribution in [0.1, 0.15) is 34.1 Å². The highest BCUT2D eigenvalue weighted by atomic mass is 16.6. The first-order valence-electron chi connectivity index (χ1n) is 4.87. The molecule has 15 heavy (non-hydrogen) atoms. The van der Waals surface area contributed by atoms with Crippen molar-refractivity contribution in [1.82, 2.24) is 0 Å². The quantitative estimate of drug-likeness (QED) is 0.375. The van der Waals surface area contributed by atoms with Crippen LogP contribution in [0.25, 0.3) is 0 Å². The Morgan fingerprint density at radius 2 is 2.07 bits per heavy atom. The van der Waals surface area contributed by atoms with E-state index in [0.717, 1.165) is 5.57 Å². The zero-order valence-electron chi connectivity index (χ0n) is 9.55. The molecule has 0 fully saturated rings. The Bertz CT molecular complexity index is 411. The van der Waals surface area contributed by atoms with E-state index in [0.29, 0.717) is 12.0 Å². The lowest BCUT2D eigenvalue weighted by Gasteiger charge is -2.19. The molecule has 0 aromatic rings. The number of nitro groups is 1. The van der Waals surface area contributed by atoms with E-state index >= 15 is 0 Å². The lowest BCUT2D eigenvalue weighted by atomic mass is 9.85. The standard InChI is InChI=1S/C12H15NO2/c1-5-6-9-7-10(12(2,3)4)8-11(9)13(14)15/h7H,8H2,1-4H3. The lowest BCUT2D eigenvalue weighted by Crippen LogP contribution is -2.09. The van der Waals surface area contributed by atoms with Crippen molar-refractivity contribution in [3.8, 4) is 11.8 Å². The molecule has 0 aromatic carbocycles. The molecule has 0 heterocycles. The summed E-state index contributed by atoms with van der Waals surface area (Å²) in [6.07, 6.45) is 2.27. The van der Waals surface area contributed by atoms with Crippen LogP contribution in [-0.4, -0.2) is 4.92 Å². The minimum absolute atomic E-state index is 0.0293. The predicted molar refractivity (Wildman–Crippen MR) is 59.6 cm³/mol. The zero-order chi connectivity index (χ0) is 11.6. The fraction of sp³-hybridized carbons (Fsp3) is 0.500. The first kappa shape index (κ1) is 11.5. The Morgan fingerprint density at radius 3 is 2.47 bits per heavy atom. The Kier molecular flexibility index (Phi) is 2.99. The van der Waals surface area contributed by atoms with E-state index in [1.807, 2.05) is 6.08 Å². The average Bonchev–Trinajstić information content (AvgIpc) is 2.48. The second-order valence-electron chi connectivity index (χ2n) is 4.59. The van der Waals surface area contributed by atoms with Gasteiger partial charge in [0.05, 0.1) is 16.9 Å². The topological polar surface area (TPSA) is 43.1 Å². The molecule has 0 atom stereocenters. The van der Waals surface area contributed by atoms with Gasteiger partial charge in [0.2, 0.25) is 0 Å². The minimum Gasteiger partial charge on any atom is -0.259 e. The second kappa shape index (κ2) is 3.90. The number of nitrogens with zero attached hydrogens (tertiary/aromatic N) is 1. The van der Waals surface area contributed by atoms with E-state index < -0.39 is 0 Å². The van der Waals surface area contributed by atoms with Crippen LogP contribution in [0.5, 0.6) is 0 Å². The Hall–Kier alpha value is -1.56. The second-order valence-corrected chi connectivity index (χ2v) is 4.59. The lowest BCUT2D eigenvalue weighted by molar-refractivity contribution is -0.427. The summed E-state index contributed by atoms with van der Waals surface area (Å²) >= 11 is 0. The van der Waals surface area contributed by atoms with Gasteiger partial charge in [0.25, 0.3) is 5.70 Å². The van der Waals surface area contributed by atoms with E-state index in [2.05, 4.69) is 32.6 Å². The van der Waals surface area contributed by atoms with Gasteiger partial charge in [0.1, 0.15) is 0 Å². The van der Waals surface area contributed by atoms with Crippen LogP contribution < -0.4 is 0 Å². The third kappa shape index (κ3) is 2.47. The van der Waals surface area contributed by atoms with Gasteiger partial charge in [-0.2, -0.15) is 0 Å². The first-order valence-corrected chi connectivity index (χ1v) is 4.87. The van der Waals surface area contributed by atoms with E-state index in [-0.39, 0.29) is 16.0 Å². The monoisotopic (exact) mass is 205 g/mol. The molecule has 80 valence electrons. The van der Waals surface area contributed by atoms with Crippen molar-refractivity contribution >= 4 is 0 Å². The number of hydrogen-bond donors (Lipinski definition) is 0. The SMILES string of the molecule is CC#CC1=C([N+](=O)[O-])CC(C(C)(C)C)=C1. The van der Waals surface area contributed by atoms with Crippen molar-refractivity contribution in [1.29, 1.82) is 0 Å². The van der Waals surface area contributed by atoms with Crippen molar-refractivity contribution in [2.24, 2.45) is 5.41 Å². The highest BCUT2D eigenvalue weighted by Gasteiger charge is 2.30. The van der Waals surface area contributed by atoms with Crippen molar-refractivity contribution in [2.75, 3.05) is 0 Å². The third-order valence-corrected chi connectivity index (χ3v) is 2.43. The van der Waals surface area contributed by atoms with Crippen molar-refractivity contribution < 1.29 is 4.92 Å². The predicted octanol–water partition coefficient (Wildman–Crippen LogP) is 2.92. The summed E-state index contributed by atoms with van der Waals surface area (Å²) in [6.45, 7) is 7.85. The normalized spacial score (nSPS) is 15.9. The summed E-state index contributed by atoms with van der Waals surface area (Å²) < 4.78 is 0. The van der Waals surface area contributed by atoms with Crippen LogP contribution in [0, 0.1) is 27.4 Å². The van der Waals surface area contributed by atoms with Gasteiger partial charge in [-0.25, -0.2) is 0 Å². The number of allylic oxidation sites excluding steroid dienone is 3. The molecule has 3 heteroatoms.